The van der Waals surface area contributed by atoms with Gasteiger partial charge < -0.3 is 29.6 Å². The molecule has 0 radical (unpaired) electrons. The van der Waals surface area contributed by atoms with Crippen LogP contribution in [-0.2, 0) is 15.0 Å². The first kappa shape index (κ1) is 25.3. The summed E-state index contributed by atoms with van der Waals surface area (Å²) < 4.78 is 11.0. The van der Waals surface area contributed by atoms with Crippen molar-refractivity contribution in [2.45, 2.75) is 52.0 Å². The molecule has 1 aliphatic carbocycles. The van der Waals surface area contributed by atoms with E-state index in [4.69, 9.17) is 9.15 Å². The minimum absolute atomic E-state index is 0.00778. The molecule has 2 aromatic rings. The molecule has 2 aliphatic heterocycles. The molecule has 38 heavy (non-hydrogen) atoms. The van der Waals surface area contributed by atoms with Crippen LogP contribution in [0.4, 0.5) is 0 Å². The van der Waals surface area contributed by atoms with Gasteiger partial charge in [-0.05, 0) is 52.7 Å². The Morgan fingerprint density at radius 2 is 1.82 bits per heavy atom. The van der Waals surface area contributed by atoms with E-state index >= 15 is 0 Å². The lowest BCUT2D eigenvalue weighted by Crippen LogP contribution is -2.46. The lowest BCUT2D eigenvalue weighted by atomic mass is 9.70. The number of amides is 1. The maximum absolute atomic E-state index is 13.9. The molecule has 1 aromatic carbocycles. The second-order valence-electron chi connectivity index (χ2n) is 10.1. The Hall–Kier alpha value is -4.34. The first-order valence-corrected chi connectivity index (χ1v) is 12.4. The number of hydrogen-bond donors (Lipinski definition) is 3. The molecule has 0 saturated carbocycles. The molecule has 1 saturated heterocycles. The number of aromatic hydroxyl groups is 2. The minimum atomic E-state index is -1.56. The van der Waals surface area contributed by atoms with Gasteiger partial charge in [0.1, 0.15) is 34.0 Å². The number of hydrogen-bond acceptors (Lipinski definition) is 9. The Morgan fingerprint density at radius 3 is 2.42 bits per heavy atom. The molecule has 1 fully saturated rings. The number of carbonyl (C=O) groups excluding carboxylic acids is 4. The quantitative estimate of drug-likeness (QED) is 0.314. The van der Waals surface area contributed by atoms with Crippen molar-refractivity contribution < 1.29 is 38.5 Å². The third-order valence-corrected chi connectivity index (χ3v) is 7.69. The number of phenolic OH excluding ortho intramolecular Hbond substituents is 2. The zero-order valence-electron chi connectivity index (χ0n) is 21.5. The summed E-state index contributed by atoms with van der Waals surface area (Å²) in [6.45, 7) is 6.82. The van der Waals surface area contributed by atoms with Crippen molar-refractivity contribution in [3.8, 4) is 17.2 Å². The van der Waals surface area contributed by atoms with E-state index < -0.39 is 28.5 Å². The van der Waals surface area contributed by atoms with E-state index in [1.165, 1.54) is 33.1 Å². The number of phenols is 2. The number of fused-ring (bicyclic) bond motifs is 3. The SMILES string of the molecule is CC(=O)c1c(O)c(C)c(O)c2c1OC1=CC(=O)/C(=C(/C)NC3CCN(C(=O)c4ccco4)CC3)C(=O)[C@@]12C. The molecule has 10 heteroatoms. The molecule has 1 atom stereocenters. The van der Waals surface area contributed by atoms with Crippen molar-refractivity contribution in [1.82, 2.24) is 10.2 Å². The fourth-order valence-electron chi connectivity index (χ4n) is 5.52. The maximum Gasteiger partial charge on any atom is 0.289 e. The van der Waals surface area contributed by atoms with Gasteiger partial charge in [0, 0.05) is 36.5 Å². The van der Waals surface area contributed by atoms with E-state index in [9.17, 15) is 29.4 Å². The van der Waals surface area contributed by atoms with Crippen molar-refractivity contribution in [2.75, 3.05) is 13.1 Å². The molecular weight excluding hydrogens is 492 g/mol. The number of ketones is 3. The van der Waals surface area contributed by atoms with E-state index in [1.807, 2.05) is 0 Å². The van der Waals surface area contributed by atoms with Gasteiger partial charge in [-0.2, -0.15) is 0 Å². The van der Waals surface area contributed by atoms with E-state index in [0.29, 0.717) is 31.6 Å². The highest BCUT2D eigenvalue weighted by Gasteiger charge is 2.56. The first-order valence-electron chi connectivity index (χ1n) is 12.4. The number of likely N-dealkylation sites (tertiary alicyclic amines) is 1. The number of piperidine rings is 1. The summed E-state index contributed by atoms with van der Waals surface area (Å²) in [4.78, 5) is 53.6. The number of allylic oxidation sites excluding steroid dienone is 4. The summed E-state index contributed by atoms with van der Waals surface area (Å²) in [7, 11) is 0. The van der Waals surface area contributed by atoms with Crippen molar-refractivity contribution in [2.24, 2.45) is 0 Å². The average Bonchev–Trinajstić information content (AvgIpc) is 3.50. The van der Waals surface area contributed by atoms with Crippen molar-refractivity contribution in [3.63, 3.8) is 0 Å². The molecule has 0 unspecified atom stereocenters. The van der Waals surface area contributed by atoms with Gasteiger partial charge in [-0.15, -0.1) is 0 Å². The Balaban J connectivity index is 1.44. The smallest absolute Gasteiger partial charge is 0.289 e. The summed E-state index contributed by atoms with van der Waals surface area (Å²) in [5.74, 6) is -2.47. The van der Waals surface area contributed by atoms with Crippen molar-refractivity contribution in [1.29, 1.82) is 0 Å². The standard InChI is InChI=1S/C28H28N2O8/c1-13-23(33)21(15(3)31)25-22(24(13)34)28(4)19(38-25)12-17(32)20(26(28)35)14(2)29-16-7-9-30(10-8-16)27(36)18-6-5-11-37-18/h5-6,11-12,16,29,33-34H,7-10H2,1-4H3/b20-14+/t28-/m0/s1. The molecule has 3 N–H and O–H groups in total. The van der Waals surface area contributed by atoms with Crippen LogP contribution in [0.5, 0.6) is 17.2 Å². The first-order chi connectivity index (χ1) is 18.0. The minimum Gasteiger partial charge on any atom is -0.507 e. The van der Waals surface area contributed by atoms with E-state index in [1.54, 1.807) is 24.0 Å². The summed E-state index contributed by atoms with van der Waals surface area (Å²) >= 11 is 0. The van der Waals surface area contributed by atoms with Gasteiger partial charge in [0.05, 0.1) is 17.4 Å². The van der Waals surface area contributed by atoms with Crippen LogP contribution in [0.1, 0.15) is 65.7 Å². The fraction of sp³-hybridized carbons (Fsp3) is 0.357. The highest BCUT2D eigenvalue weighted by Crippen LogP contribution is 2.57. The molecule has 0 spiro atoms. The molecule has 3 aliphatic rings. The van der Waals surface area contributed by atoms with Crippen molar-refractivity contribution in [3.05, 3.63) is 64.0 Å². The van der Waals surface area contributed by atoms with Gasteiger partial charge in [-0.1, -0.05) is 0 Å². The van der Waals surface area contributed by atoms with Crippen molar-refractivity contribution >= 4 is 23.3 Å². The lowest BCUT2D eigenvalue weighted by Gasteiger charge is -2.34. The number of furan rings is 1. The van der Waals surface area contributed by atoms with Crippen LogP contribution in [0.15, 0.2) is 45.9 Å². The van der Waals surface area contributed by atoms with E-state index in [0.717, 1.165) is 0 Å². The Bertz CT molecular complexity index is 1460. The van der Waals surface area contributed by atoms with Crippen LogP contribution in [0.2, 0.25) is 0 Å². The lowest BCUT2D eigenvalue weighted by molar-refractivity contribution is -0.123. The summed E-state index contributed by atoms with van der Waals surface area (Å²) in [5, 5.41) is 24.7. The molecule has 0 bridgehead atoms. The Morgan fingerprint density at radius 1 is 1.13 bits per heavy atom. The van der Waals surface area contributed by atoms with Gasteiger partial charge in [-0.25, -0.2) is 0 Å². The van der Waals surface area contributed by atoms with Gasteiger partial charge in [0.2, 0.25) is 0 Å². The largest absolute Gasteiger partial charge is 0.507 e. The zero-order chi connectivity index (χ0) is 27.5. The third-order valence-electron chi connectivity index (χ3n) is 7.69. The van der Waals surface area contributed by atoms with E-state index in [-0.39, 0.29) is 57.2 Å². The predicted molar refractivity (Wildman–Crippen MR) is 134 cm³/mol. The number of nitrogens with zero attached hydrogens (tertiary/aromatic N) is 1. The fourth-order valence-corrected chi connectivity index (χ4v) is 5.52. The predicted octanol–water partition coefficient (Wildman–Crippen LogP) is 3.06. The zero-order valence-corrected chi connectivity index (χ0v) is 21.5. The number of rotatable bonds is 4. The van der Waals surface area contributed by atoms with Crippen LogP contribution in [0.3, 0.4) is 0 Å². The maximum atomic E-state index is 13.9. The van der Waals surface area contributed by atoms with Crippen LogP contribution in [0.25, 0.3) is 0 Å². The molecule has 5 rings (SSSR count). The number of Topliss-reactive ketones (excluding diaryl/α,β-unsaturated/α-hetero) is 2. The molecule has 3 heterocycles. The van der Waals surface area contributed by atoms with Crippen LogP contribution < -0.4 is 10.1 Å². The number of nitrogens with one attached hydrogen (secondary N) is 1. The molecule has 198 valence electrons. The number of ether oxygens (including phenoxy) is 1. The summed E-state index contributed by atoms with van der Waals surface area (Å²) in [6, 6.07) is 3.20. The average molecular weight is 521 g/mol. The molecule has 10 nitrogen and oxygen atoms in total. The number of benzene rings is 1. The van der Waals surface area contributed by atoms with Crippen LogP contribution in [-0.4, -0.2) is 57.5 Å². The topological polar surface area (TPSA) is 146 Å². The van der Waals surface area contributed by atoms with Gasteiger partial charge in [-0.3, -0.25) is 19.2 Å². The van der Waals surface area contributed by atoms with Gasteiger partial charge in [0.25, 0.3) is 5.91 Å². The van der Waals surface area contributed by atoms with Gasteiger partial charge >= 0.3 is 0 Å². The molecular formula is C28H28N2O8. The third kappa shape index (κ3) is 3.62. The Kier molecular flexibility index (Phi) is 5.93. The van der Waals surface area contributed by atoms with Crippen LogP contribution >= 0.6 is 0 Å². The molecule has 1 amide bonds. The monoisotopic (exact) mass is 520 g/mol. The molecule has 1 aromatic heterocycles. The highest BCUT2D eigenvalue weighted by molar-refractivity contribution is 6.31. The Labute approximate surface area is 218 Å². The van der Waals surface area contributed by atoms with Gasteiger partial charge in [0.15, 0.2) is 23.1 Å². The summed E-state index contributed by atoms with van der Waals surface area (Å²) in [6.07, 6.45) is 3.85. The second-order valence-corrected chi connectivity index (χ2v) is 10.1. The normalized spacial score (nSPS) is 22.4. The van der Waals surface area contributed by atoms with Crippen LogP contribution in [0, 0.1) is 6.92 Å². The summed E-state index contributed by atoms with van der Waals surface area (Å²) in [5.41, 5.74) is -1.31. The second kappa shape index (κ2) is 8.90. The number of carbonyl (C=O) groups is 4. The highest BCUT2D eigenvalue weighted by atomic mass is 16.5. The van der Waals surface area contributed by atoms with E-state index in [2.05, 4.69) is 5.32 Å².